The molecule has 1 aliphatic rings. The lowest BCUT2D eigenvalue weighted by Crippen LogP contribution is -1.90. The van der Waals surface area contributed by atoms with E-state index >= 15 is 0 Å². The first-order chi connectivity index (χ1) is 9.31. The molecule has 0 atom stereocenters. The fourth-order valence-corrected chi connectivity index (χ4v) is 2.72. The molecule has 2 heterocycles. The first kappa shape index (κ1) is 10.6. The highest BCUT2D eigenvalue weighted by Crippen LogP contribution is 2.35. The molecular weight excluding hydrogens is 241 g/mol. The molecule has 0 amide bonds. The minimum absolute atomic E-state index is 0.236. The largest absolute Gasteiger partial charge is 0.456 e. The SMILES string of the molecule is Fc1ccc2oc(-c3cccc4c3CCN4)cc2c1. The summed E-state index contributed by atoms with van der Waals surface area (Å²) in [4.78, 5) is 0. The summed E-state index contributed by atoms with van der Waals surface area (Å²) >= 11 is 0. The van der Waals surface area contributed by atoms with Crippen molar-refractivity contribution >= 4 is 16.7 Å². The molecule has 2 nitrogen and oxygen atoms in total. The number of fused-ring (bicyclic) bond motifs is 2. The summed E-state index contributed by atoms with van der Waals surface area (Å²) in [6.45, 7) is 0.960. The standard InChI is InChI=1S/C16H12FNO/c17-11-4-5-15-10(8-11)9-16(19-15)13-2-1-3-14-12(13)6-7-18-14/h1-5,8-9,18H,6-7H2. The summed E-state index contributed by atoms with van der Waals surface area (Å²) in [5, 5.41) is 4.16. The Morgan fingerprint density at radius 3 is 3.00 bits per heavy atom. The van der Waals surface area contributed by atoms with Gasteiger partial charge in [0.1, 0.15) is 17.2 Å². The molecule has 4 rings (SSSR count). The van der Waals surface area contributed by atoms with E-state index in [1.807, 2.05) is 12.1 Å². The Kier molecular flexibility index (Phi) is 2.15. The molecule has 19 heavy (non-hydrogen) atoms. The number of hydrogen-bond acceptors (Lipinski definition) is 2. The maximum Gasteiger partial charge on any atom is 0.135 e. The van der Waals surface area contributed by atoms with Crippen molar-refractivity contribution in [2.24, 2.45) is 0 Å². The average Bonchev–Trinajstić information content (AvgIpc) is 3.03. The van der Waals surface area contributed by atoms with E-state index in [1.54, 1.807) is 6.07 Å². The summed E-state index contributed by atoms with van der Waals surface area (Å²) in [5.41, 5.74) is 4.27. The van der Waals surface area contributed by atoms with Gasteiger partial charge in [-0.1, -0.05) is 12.1 Å². The zero-order chi connectivity index (χ0) is 12.8. The van der Waals surface area contributed by atoms with Gasteiger partial charge in [-0.05, 0) is 42.3 Å². The van der Waals surface area contributed by atoms with Crippen LogP contribution in [0.25, 0.3) is 22.3 Å². The highest BCUT2D eigenvalue weighted by molar-refractivity contribution is 5.85. The second-order valence-corrected chi connectivity index (χ2v) is 4.80. The lowest BCUT2D eigenvalue weighted by molar-refractivity contribution is 0.619. The third kappa shape index (κ3) is 1.62. The van der Waals surface area contributed by atoms with E-state index in [2.05, 4.69) is 17.4 Å². The molecule has 1 N–H and O–H groups in total. The van der Waals surface area contributed by atoms with Gasteiger partial charge in [-0.25, -0.2) is 4.39 Å². The first-order valence-corrected chi connectivity index (χ1v) is 6.36. The number of halogens is 1. The second-order valence-electron chi connectivity index (χ2n) is 4.80. The lowest BCUT2D eigenvalue weighted by atomic mass is 10.0. The predicted molar refractivity (Wildman–Crippen MR) is 73.8 cm³/mol. The Morgan fingerprint density at radius 1 is 1.11 bits per heavy atom. The quantitative estimate of drug-likeness (QED) is 0.702. The van der Waals surface area contributed by atoms with Gasteiger partial charge in [0.25, 0.3) is 0 Å². The zero-order valence-electron chi connectivity index (χ0n) is 10.2. The summed E-state index contributed by atoms with van der Waals surface area (Å²) in [6, 6.07) is 12.7. The van der Waals surface area contributed by atoms with Crippen molar-refractivity contribution in [1.82, 2.24) is 0 Å². The van der Waals surface area contributed by atoms with Crippen molar-refractivity contribution in [2.45, 2.75) is 6.42 Å². The molecule has 0 saturated carbocycles. The Labute approximate surface area is 109 Å². The van der Waals surface area contributed by atoms with Gasteiger partial charge in [-0.15, -0.1) is 0 Å². The molecule has 3 heteroatoms. The predicted octanol–water partition coefficient (Wildman–Crippen LogP) is 4.21. The molecule has 3 aromatic rings. The lowest BCUT2D eigenvalue weighted by Gasteiger charge is -2.04. The number of nitrogens with one attached hydrogen (secondary N) is 1. The van der Waals surface area contributed by atoms with Crippen LogP contribution in [0.3, 0.4) is 0 Å². The molecule has 1 aromatic heterocycles. The first-order valence-electron chi connectivity index (χ1n) is 6.36. The monoisotopic (exact) mass is 253 g/mol. The van der Waals surface area contributed by atoms with Crippen molar-refractivity contribution < 1.29 is 8.81 Å². The maximum atomic E-state index is 13.2. The van der Waals surface area contributed by atoms with Gasteiger partial charge in [0, 0.05) is 23.2 Å². The molecule has 0 spiro atoms. The van der Waals surface area contributed by atoms with Crippen molar-refractivity contribution in [1.29, 1.82) is 0 Å². The molecule has 0 radical (unpaired) electrons. The Morgan fingerprint density at radius 2 is 2.05 bits per heavy atom. The summed E-state index contributed by atoms with van der Waals surface area (Å²) in [5.74, 6) is 0.570. The second kappa shape index (κ2) is 3.85. The topological polar surface area (TPSA) is 25.2 Å². The van der Waals surface area contributed by atoms with Gasteiger partial charge < -0.3 is 9.73 Å². The van der Waals surface area contributed by atoms with Crippen LogP contribution < -0.4 is 5.32 Å². The fraction of sp³-hybridized carbons (Fsp3) is 0.125. The van der Waals surface area contributed by atoms with Gasteiger partial charge in [0.2, 0.25) is 0 Å². The third-order valence-electron chi connectivity index (χ3n) is 3.61. The van der Waals surface area contributed by atoms with E-state index in [4.69, 9.17) is 4.42 Å². The highest BCUT2D eigenvalue weighted by Gasteiger charge is 2.17. The smallest absolute Gasteiger partial charge is 0.135 e. The minimum atomic E-state index is -0.236. The van der Waals surface area contributed by atoms with E-state index in [0.29, 0.717) is 0 Å². The van der Waals surface area contributed by atoms with E-state index < -0.39 is 0 Å². The van der Waals surface area contributed by atoms with Crippen LogP contribution in [0.1, 0.15) is 5.56 Å². The van der Waals surface area contributed by atoms with E-state index in [9.17, 15) is 4.39 Å². The summed E-state index contributed by atoms with van der Waals surface area (Å²) in [6.07, 6.45) is 0.997. The highest BCUT2D eigenvalue weighted by atomic mass is 19.1. The van der Waals surface area contributed by atoms with Gasteiger partial charge in [0.15, 0.2) is 0 Å². The Balaban J connectivity index is 1.93. The number of anilines is 1. The van der Waals surface area contributed by atoms with Crippen LogP contribution in [-0.4, -0.2) is 6.54 Å². The molecule has 2 aromatic carbocycles. The van der Waals surface area contributed by atoms with Crippen LogP contribution in [0.5, 0.6) is 0 Å². The molecular formula is C16H12FNO. The third-order valence-corrected chi connectivity index (χ3v) is 3.61. The van der Waals surface area contributed by atoms with E-state index in [1.165, 1.54) is 23.4 Å². The molecule has 0 unspecified atom stereocenters. The molecule has 0 fully saturated rings. The van der Waals surface area contributed by atoms with Crippen LogP contribution in [0.2, 0.25) is 0 Å². The van der Waals surface area contributed by atoms with E-state index in [-0.39, 0.29) is 5.82 Å². The van der Waals surface area contributed by atoms with Gasteiger partial charge in [-0.2, -0.15) is 0 Å². The van der Waals surface area contributed by atoms with Crippen LogP contribution >= 0.6 is 0 Å². The fourth-order valence-electron chi connectivity index (χ4n) is 2.72. The van der Waals surface area contributed by atoms with Crippen molar-refractivity contribution in [2.75, 3.05) is 11.9 Å². The van der Waals surface area contributed by atoms with Crippen LogP contribution in [0.4, 0.5) is 10.1 Å². The number of rotatable bonds is 1. The van der Waals surface area contributed by atoms with Gasteiger partial charge in [0.05, 0.1) is 0 Å². The zero-order valence-corrected chi connectivity index (χ0v) is 10.2. The van der Waals surface area contributed by atoms with Gasteiger partial charge >= 0.3 is 0 Å². The van der Waals surface area contributed by atoms with Crippen LogP contribution in [0, 0.1) is 5.82 Å². The summed E-state index contributed by atoms with van der Waals surface area (Å²) < 4.78 is 19.1. The molecule has 0 aliphatic carbocycles. The van der Waals surface area contributed by atoms with Crippen LogP contribution in [0.15, 0.2) is 46.9 Å². The number of benzene rings is 2. The molecule has 94 valence electrons. The molecule has 0 bridgehead atoms. The molecule has 1 aliphatic heterocycles. The number of furan rings is 1. The number of hydrogen-bond donors (Lipinski definition) is 1. The Bertz CT molecular complexity index is 776. The van der Waals surface area contributed by atoms with E-state index in [0.717, 1.165) is 35.3 Å². The average molecular weight is 253 g/mol. The summed E-state index contributed by atoms with van der Waals surface area (Å²) in [7, 11) is 0. The van der Waals surface area contributed by atoms with Gasteiger partial charge in [-0.3, -0.25) is 0 Å². The minimum Gasteiger partial charge on any atom is -0.456 e. The van der Waals surface area contributed by atoms with Crippen molar-refractivity contribution in [3.05, 3.63) is 53.8 Å². The van der Waals surface area contributed by atoms with Crippen molar-refractivity contribution in [3.63, 3.8) is 0 Å². The maximum absolute atomic E-state index is 13.2. The van der Waals surface area contributed by atoms with Crippen molar-refractivity contribution in [3.8, 4) is 11.3 Å². The Hall–Kier alpha value is -2.29. The molecule has 0 saturated heterocycles. The normalized spacial score (nSPS) is 13.5. The van der Waals surface area contributed by atoms with Crippen LogP contribution in [-0.2, 0) is 6.42 Å².